The molecule has 102 valence electrons. The SMILES string of the molecule is CCC1(C(Br)Cc2nc3ccccc3o2)CCCC1. The van der Waals surface area contributed by atoms with Gasteiger partial charge in [0.05, 0.1) is 0 Å². The molecule has 1 atom stereocenters. The Kier molecular flexibility index (Phi) is 3.66. The summed E-state index contributed by atoms with van der Waals surface area (Å²) in [5.41, 5.74) is 2.31. The summed E-state index contributed by atoms with van der Waals surface area (Å²) in [6, 6.07) is 8.00. The standard InChI is InChI=1S/C16H20BrNO/c1-2-16(9-5-6-10-16)14(17)11-15-18-12-7-3-4-8-13(12)19-15/h3-4,7-8,14H,2,5-6,9-11H2,1H3. The van der Waals surface area contributed by atoms with Crippen LogP contribution in [0.3, 0.4) is 0 Å². The Hall–Kier alpha value is -0.830. The van der Waals surface area contributed by atoms with E-state index < -0.39 is 0 Å². The molecule has 1 fully saturated rings. The fourth-order valence-electron chi connectivity index (χ4n) is 3.34. The van der Waals surface area contributed by atoms with Crippen molar-refractivity contribution in [2.24, 2.45) is 5.41 Å². The van der Waals surface area contributed by atoms with E-state index in [1.807, 2.05) is 24.3 Å². The van der Waals surface area contributed by atoms with Crippen molar-refractivity contribution in [1.29, 1.82) is 0 Å². The molecule has 0 amide bonds. The number of fused-ring (bicyclic) bond motifs is 1. The minimum absolute atomic E-state index is 0.445. The Labute approximate surface area is 122 Å². The number of alkyl halides is 1. The second kappa shape index (κ2) is 5.28. The van der Waals surface area contributed by atoms with Crippen molar-refractivity contribution in [3.05, 3.63) is 30.2 Å². The molecule has 0 radical (unpaired) electrons. The van der Waals surface area contributed by atoms with Crippen LogP contribution in [0.5, 0.6) is 0 Å². The molecule has 2 aromatic rings. The summed E-state index contributed by atoms with van der Waals surface area (Å²) in [5, 5.41) is 0. The van der Waals surface area contributed by atoms with Crippen LogP contribution in [0.15, 0.2) is 28.7 Å². The zero-order valence-corrected chi connectivity index (χ0v) is 12.9. The third-order valence-electron chi connectivity index (χ3n) is 4.66. The van der Waals surface area contributed by atoms with Gasteiger partial charge >= 0.3 is 0 Å². The van der Waals surface area contributed by atoms with Gasteiger partial charge in [-0.2, -0.15) is 0 Å². The van der Waals surface area contributed by atoms with Crippen LogP contribution in [0.25, 0.3) is 11.1 Å². The third-order valence-corrected chi connectivity index (χ3v) is 5.95. The molecule has 19 heavy (non-hydrogen) atoms. The third kappa shape index (κ3) is 2.45. The van der Waals surface area contributed by atoms with E-state index in [1.165, 1.54) is 32.1 Å². The lowest BCUT2D eigenvalue weighted by molar-refractivity contribution is 0.268. The minimum Gasteiger partial charge on any atom is -0.441 e. The van der Waals surface area contributed by atoms with Gasteiger partial charge in [-0.25, -0.2) is 4.98 Å². The normalized spacial score (nSPS) is 19.9. The van der Waals surface area contributed by atoms with E-state index in [2.05, 4.69) is 27.8 Å². The summed E-state index contributed by atoms with van der Waals surface area (Å²) in [5.74, 6) is 0.864. The van der Waals surface area contributed by atoms with Crippen LogP contribution in [0.1, 0.15) is 44.9 Å². The van der Waals surface area contributed by atoms with Crippen LogP contribution in [0, 0.1) is 5.41 Å². The summed E-state index contributed by atoms with van der Waals surface area (Å²) in [7, 11) is 0. The maximum atomic E-state index is 5.85. The molecule has 1 saturated carbocycles. The lowest BCUT2D eigenvalue weighted by Crippen LogP contribution is -2.29. The van der Waals surface area contributed by atoms with E-state index in [0.29, 0.717) is 10.2 Å². The van der Waals surface area contributed by atoms with Gasteiger partial charge in [-0.15, -0.1) is 0 Å². The predicted octanol–water partition coefficient (Wildman–Crippen LogP) is 5.10. The quantitative estimate of drug-likeness (QED) is 0.732. The molecular formula is C16H20BrNO. The maximum absolute atomic E-state index is 5.85. The van der Waals surface area contributed by atoms with E-state index in [-0.39, 0.29) is 0 Å². The number of hydrogen-bond donors (Lipinski definition) is 0. The molecule has 0 saturated heterocycles. The first-order valence-corrected chi connectivity index (χ1v) is 8.13. The molecule has 0 N–H and O–H groups in total. The maximum Gasteiger partial charge on any atom is 0.196 e. The molecule has 0 bridgehead atoms. The van der Waals surface area contributed by atoms with Crippen molar-refractivity contribution < 1.29 is 4.42 Å². The summed E-state index contributed by atoms with van der Waals surface area (Å²) in [6.07, 6.45) is 7.53. The van der Waals surface area contributed by atoms with E-state index in [9.17, 15) is 0 Å². The Morgan fingerprint density at radius 1 is 1.32 bits per heavy atom. The molecule has 0 aliphatic heterocycles. The largest absolute Gasteiger partial charge is 0.441 e. The number of halogens is 1. The van der Waals surface area contributed by atoms with Gasteiger partial charge in [0.1, 0.15) is 5.52 Å². The number of benzene rings is 1. The van der Waals surface area contributed by atoms with Gasteiger partial charge in [0.15, 0.2) is 11.5 Å². The first-order chi connectivity index (χ1) is 9.23. The molecule has 1 aromatic heterocycles. The molecule has 1 aliphatic rings. The highest BCUT2D eigenvalue weighted by Crippen LogP contribution is 2.47. The average Bonchev–Trinajstić information content (AvgIpc) is 3.05. The van der Waals surface area contributed by atoms with Crippen LogP contribution in [0.2, 0.25) is 0 Å². The van der Waals surface area contributed by atoms with Crippen molar-refractivity contribution in [3.63, 3.8) is 0 Å². The van der Waals surface area contributed by atoms with Gasteiger partial charge in [0.25, 0.3) is 0 Å². The summed E-state index contributed by atoms with van der Waals surface area (Å²) < 4.78 is 5.85. The van der Waals surface area contributed by atoms with Crippen LogP contribution in [-0.4, -0.2) is 9.81 Å². The molecule has 3 heteroatoms. The number of hydrogen-bond acceptors (Lipinski definition) is 2. The number of rotatable bonds is 4. The van der Waals surface area contributed by atoms with Crippen molar-refractivity contribution in [2.75, 3.05) is 0 Å². The van der Waals surface area contributed by atoms with Crippen molar-refractivity contribution in [3.8, 4) is 0 Å². The molecule has 0 spiro atoms. The predicted molar refractivity (Wildman–Crippen MR) is 81.6 cm³/mol. The van der Waals surface area contributed by atoms with E-state index in [1.54, 1.807) is 0 Å². The second-order valence-corrected chi connectivity index (χ2v) is 6.78. The summed E-state index contributed by atoms with van der Waals surface area (Å²) in [6.45, 7) is 2.31. The zero-order valence-electron chi connectivity index (χ0n) is 11.4. The lowest BCUT2D eigenvalue weighted by Gasteiger charge is -2.32. The Morgan fingerprint density at radius 2 is 2.05 bits per heavy atom. The molecule has 1 unspecified atom stereocenters. The van der Waals surface area contributed by atoms with Crippen LogP contribution < -0.4 is 0 Å². The van der Waals surface area contributed by atoms with Crippen LogP contribution >= 0.6 is 15.9 Å². The number of oxazole rings is 1. The van der Waals surface area contributed by atoms with Crippen molar-refractivity contribution >= 4 is 27.0 Å². The van der Waals surface area contributed by atoms with Gasteiger partial charge in [-0.05, 0) is 36.8 Å². The average molecular weight is 322 g/mol. The molecule has 1 aliphatic carbocycles. The summed E-state index contributed by atoms with van der Waals surface area (Å²) in [4.78, 5) is 5.07. The summed E-state index contributed by atoms with van der Waals surface area (Å²) >= 11 is 3.92. The van der Waals surface area contributed by atoms with Crippen molar-refractivity contribution in [2.45, 2.75) is 50.3 Å². The van der Waals surface area contributed by atoms with Gasteiger partial charge < -0.3 is 4.42 Å². The van der Waals surface area contributed by atoms with Crippen molar-refractivity contribution in [1.82, 2.24) is 4.98 Å². The van der Waals surface area contributed by atoms with Gasteiger partial charge in [-0.1, -0.05) is 47.8 Å². The highest BCUT2D eigenvalue weighted by molar-refractivity contribution is 9.09. The Balaban J connectivity index is 1.80. The Bertz CT molecular complexity index is 524. The number of aromatic nitrogens is 1. The fraction of sp³-hybridized carbons (Fsp3) is 0.562. The molecule has 2 nitrogen and oxygen atoms in total. The highest BCUT2D eigenvalue weighted by atomic mass is 79.9. The minimum atomic E-state index is 0.445. The first-order valence-electron chi connectivity index (χ1n) is 7.22. The molecular weight excluding hydrogens is 302 g/mol. The van der Waals surface area contributed by atoms with Gasteiger partial charge in [0.2, 0.25) is 0 Å². The monoisotopic (exact) mass is 321 g/mol. The van der Waals surface area contributed by atoms with Gasteiger partial charge in [0, 0.05) is 11.2 Å². The second-order valence-electron chi connectivity index (χ2n) is 5.67. The highest BCUT2D eigenvalue weighted by Gasteiger charge is 2.39. The van der Waals surface area contributed by atoms with Gasteiger partial charge in [-0.3, -0.25) is 0 Å². The van der Waals surface area contributed by atoms with E-state index >= 15 is 0 Å². The smallest absolute Gasteiger partial charge is 0.196 e. The molecule has 1 aromatic carbocycles. The lowest BCUT2D eigenvalue weighted by atomic mass is 9.79. The molecule has 3 rings (SSSR count). The Morgan fingerprint density at radius 3 is 2.74 bits per heavy atom. The van der Waals surface area contributed by atoms with Crippen LogP contribution in [-0.2, 0) is 6.42 Å². The van der Waals surface area contributed by atoms with E-state index in [4.69, 9.17) is 4.42 Å². The zero-order chi connectivity index (χ0) is 13.3. The molecule has 1 heterocycles. The topological polar surface area (TPSA) is 26.0 Å². The first kappa shape index (κ1) is 13.2. The number of para-hydroxylation sites is 2. The van der Waals surface area contributed by atoms with Crippen LogP contribution in [0.4, 0.5) is 0 Å². The fourth-order valence-corrected chi connectivity index (χ4v) is 4.40. The van der Waals surface area contributed by atoms with E-state index in [0.717, 1.165) is 23.4 Å². The number of nitrogens with zero attached hydrogens (tertiary/aromatic N) is 1.